The van der Waals surface area contributed by atoms with Crippen LogP contribution in [0, 0.1) is 0 Å². The minimum absolute atomic E-state index is 0.0290. The normalized spacial score (nSPS) is 18.3. The summed E-state index contributed by atoms with van der Waals surface area (Å²) in [6.45, 7) is 3.90. The number of benzene rings is 3. The third-order valence-corrected chi connectivity index (χ3v) is 7.26. The summed E-state index contributed by atoms with van der Waals surface area (Å²) in [5.74, 6) is 0.562. The number of methoxy groups -OCH3 is 1. The molecule has 1 aliphatic heterocycles. The molecule has 3 aromatic carbocycles. The average molecular weight is 451 g/mol. The lowest BCUT2D eigenvalue weighted by Crippen LogP contribution is -2.39. The predicted octanol–water partition coefficient (Wildman–Crippen LogP) is 5.00. The molecule has 0 spiro atoms. The summed E-state index contributed by atoms with van der Waals surface area (Å²) in [6.07, 6.45) is -0.279. The van der Waals surface area contributed by atoms with Crippen LogP contribution in [0.1, 0.15) is 17.7 Å². The molecule has 0 aromatic heterocycles. The van der Waals surface area contributed by atoms with E-state index in [2.05, 4.69) is 72.4 Å². The average Bonchev–Trinajstić information content (AvgIpc) is 2.94. The van der Waals surface area contributed by atoms with Crippen LogP contribution in [0.4, 0.5) is 5.69 Å². The molecule has 32 heavy (non-hydrogen) atoms. The third kappa shape index (κ3) is 4.87. The Labute approximate surface area is 194 Å². The third-order valence-electron chi connectivity index (χ3n) is 5.76. The number of hydrogen-bond acceptors (Lipinski definition) is 6. The zero-order valence-corrected chi connectivity index (χ0v) is 19.9. The molecule has 0 unspecified atom stereocenters. The molecule has 0 saturated heterocycles. The van der Waals surface area contributed by atoms with E-state index < -0.39 is 0 Å². The van der Waals surface area contributed by atoms with Gasteiger partial charge in [0, 0.05) is 24.9 Å². The molecule has 168 valence electrons. The Balaban J connectivity index is 1.83. The smallest absolute Gasteiger partial charge is 0.303 e. The highest BCUT2D eigenvalue weighted by Crippen LogP contribution is 2.49. The van der Waals surface area contributed by atoms with E-state index in [0.29, 0.717) is 6.54 Å². The summed E-state index contributed by atoms with van der Waals surface area (Å²) in [5, 5.41) is 2.41. The van der Waals surface area contributed by atoms with Crippen molar-refractivity contribution in [3.63, 3.8) is 0 Å². The van der Waals surface area contributed by atoms with Crippen molar-refractivity contribution in [2.45, 2.75) is 23.2 Å². The number of hydrogen-bond donors (Lipinski definition) is 0. The van der Waals surface area contributed by atoms with Gasteiger partial charge in [-0.15, -0.1) is 11.8 Å². The van der Waals surface area contributed by atoms with Gasteiger partial charge in [0.2, 0.25) is 0 Å². The maximum Gasteiger partial charge on any atom is 0.303 e. The number of rotatable bonds is 6. The first-order valence-electron chi connectivity index (χ1n) is 10.9. The monoisotopic (exact) mass is 450 g/mol. The predicted molar refractivity (Wildman–Crippen MR) is 132 cm³/mol. The number of nitrogens with zero attached hydrogens (tertiary/aromatic N) is 2. The maximum absolute atomic E-state index is 12.1. The number of ether oxygens (including phenoxy) is 2. The minimum Gasteiger partial charge on any atom is -0.497 e. The van der Waals surface area contributed by atoms with Crippen LogP contribution in [0.2, 0.25) is 0 Å². The largest absolute Gasteiger partial charge is 0.497 e. The second-order valence-corrected chi connectivity index (χ2v) is 9.50. The van der Waals surface area contributed by atoms with Gasteiger partial charge in [0.05, 0.1) is 24.6 Å². The summed E-state index contributed by atoms with van der Waals surface area (Å²) in [5.41, 5.74) is 2.32. The van der Waals surface area contributed by atoms with E-state index >= 15 is 0 Å². The summed E-state index contributed by atoms with van der Waals surface area (Å²) >= 11 is 1.79. The van der Waals surface area contributed by atoms with Crippen LogP contribution in [-0.2, 0) is 9.53 Å². The molecule has 0 saturated carbocycles. The summed E-state index contributed by atoms with van der Waals surface area (Å²) < 4.78 is 11.3. The topological polar surface area (TPSA) is 42.0 Å². The Morgan fingerprint density at radius 1 is 1.09 bits per heavy atom. The fourth-order valence-electron chi connectivity index (χ4n) is 4.14. The summed E-state index contributed by atoms with van der Waals surface area (Å²) in [7, 11) is 5.83. The maximum atomic E-state index is 12.1. The highest BCUT2D eigenvalue weighted by atomic mass is 32.2. The van der Waals surface area contributed by atoms with Crippen molar-refractivity contribution >= 4 is 34.2 Å². The molecular weight excluding hydrogens is 420 g/mol. The lowest BCUT2D eigenvalue weighted by Gasteiger charge is -2.30. The van der Waals surface area contributed by atoms with Gasteiger partial charge in [-0.2, -0.15) is 0 Å². The van der Waals surface area contributed by atoms with Crippen LogP contribution < -0.4 is 9.64 Å². The van der Waals surface area contributed by atoms with E-state index in [0.717, 1.165) is 24.4 Å². The first kappa shape index (κ1) is 22.5. The molecule has 0 fully saturated rings. The second kappa shape index (κ2) is 9.84. The Morgan fingerprint density at radius 3 is 2.53 bits per heavy atom. The number of esters is 1. The minimum atomic E-state index is -0.279. The van der Waals surface area contributed by atoms with E-state index in [9.17, 15) is 4.79 Å². The highest BCUT2D eigenvalue weighted by molar-refractivity contribution is 8.00. The molecule has 0 aliphatic carbocycles. The number of carbonyl (C=O) groups excluding carboxylic acids is 1. The van der Waals surface area contributed by atoms with E-state index in [-0.39, 0.29) is 17.3 Å². The van der Waals surface area contributed by atoms with Gasteiger partial charge in [-0.25, -0.2) is 0 Å². The summed E-state index contributed by atoms with van der Waals surface area (Å²) in [6, 6.07) is 21.0. The van der Waals surface area contributed by atoms with Crippen LogP contribution in [0.25, 0.3) is 10.8 Å². The Bertz CT molecular complexity index is 1080. The zero-order valence-electron chi connectivity index (χ0n) is 19.1. The highest BCUT2D eigenvalue weighted by Gasteiger charge is 2.34. The fraction of sp³-hybridized carbons (Fsp3) is 0.346. The Morgan fingerprint density at radius 2 is 1.84 bits per heavy atom. The number of anilines is 1. The van der Waals surface area contributed by atoms with Crippen LogP contribution in [0.3, 0.4) is 0 Å². The molecule has 6 heteroatoms. The fourth-order valence-corrected chi connectivity index (χ4v) is 5.61. The molecule has 0 bridgehead atoms. The number of fused-ring (bicyclic) bond motifs is 3. The van der Waals surface area contributed by atoms with Gasteiger partial charge in [-0.1, -0.05) is 42.5 Å². The quantitative estimate of drug-likeness (QED) is 0.493. The molecule has 4 rings (SSSR count). The second-order valence-electron chi connectivity index (χ2n) is 8.34. The molecule has 0 radical (unpaired) electrons. The van der Waals surface area contributed by atoms with Crippen LogP contribution in [-0.4, -0.2) is 57.8 Å². The van der Waals surface area contributed by atoms with Gasteiger partial charge < -0.3 is 19.3 Å². The molecule has 1 heterocycles. The van der Waals surface area contributed by atoms with Crippen molar-refractivity contribution in [3.8, 4) is 5.75 Å². The molecule has 1 aliphatic rings. The first-order chi connectivity index (χ1) is 15.5. The van der Waals surface area contributed by atoms with Gasteiger partial charge in [0.1, 0.15) is 11.9 Å². The Hall–Kier alpha value is -2.70. The van der Waals surface area contributed by atoms with Gasteiger partial charge in [-0.05, 0) is 48.6 Å². The van der Waals surface area contributed by atoms with E-state index in [1.165, 1.54) is 28.3 Å². The van der Waals surface area contributed by atoms with E-state index in [1.54, 1.807) is 18.9 Å². The van der Waals surface area contributed by atoms with Gasteiger partial charge >= 0.3 is 5.97 Å². The van der Waals surface area contributed by atoms with Crippen molar-refractivity contribution in [2.24, 2.45) is 0 Å². The van der Waals surface area contributed by atoms with Crippen LogP contribution in [0.15, 0.2) is 65.6 Å². The molecule has 0 N–H and O–H groups in total. The zero-order chi connectivity index (χ0) is 22.7. The lowest BCUT2D eigenvalue weighted by molar-refractivity contribution is -0.145. The molecule has 3 aromatic rings. The van der Waals surface area contributed by atoms with Crippen molar-refractivity contribution in [3.05, 3.63) is 66.2 Å². The van der Waals surface area contributed by atoms with E-state index in [1.807, 2.05) is 12.1 Å². The standard InChI is InChI=1S/C26H30N2O3S/c1-18(29)31-24-17-28(16-15-27(2)3)23-14-11-19-7-5-6-8-22(19)26(23)32-25(24)20-9-12-21(30-4)13-10-20/h5-14,24-25H,15-17H2,1-4H3/t24-,25-/m0/s1. The molecule has 0 amide bonds. The van der Waals surface area contributed by atoms with Crippen molar-refractivity contribution < 1.29 is 14.3 Å². The number of thioether (sulfide) groups is 1. The van der Waals surface area contributed by atoms with Gasteiger partial charge in [0.25, 0.3) is 0 Å². The molecule has 2 atom stereocenters. The Kier molecular flexibility index (Phi) is 6.92. The SMILES string of the molecule is COc1ccc([C@@H]2Sc3c(ccc4ccccc34)N(CCN(C)C)C[C@@H]2OC(C)=O)cc1. The number of carbonyl (C=O) groups is 1. The lowest BCUT2D eigenvalue weighted by atomic mass is 10.1. The van der Waals surface area contributed by atoms with Crippen molar-refractivity contribution in [2.75, 3.05) is 45.7 Å². The molecule has 5 nitrogen and oxygen atoms in total. The molecular formula is C26H30N2O3S. The van der Waals surface area contributed by atoms with Crippen molar-refractivity contribution in [1.82, 2.24) is 4.90 Å². The van der Waals surface area contributed by atoms with E-state index in [4.69, 9.17) is 9.47 Å². The van der Waals surface area contributed by atoms with Crippen LogP contribution >= 0.6 is 11.8 Å². The summed E-state index contributed by atoms with van der Waals surface area (Å²) in [4.78, 5) is 17.9. The van der Waals surface area contributed by atoms with Gasteiger partial charge in [0.15, 0.2) is 0 Å². The first-order valence-corrected chi connectivity index (χ1v) is 11.7. The van der Waals surface area contributed by atoms with Crippen molar-refractivity contribution in [1.29, 1.82) is 0 Å². The van der Waals surface area contributed by atoms with Gasteiger partial charge in [-0.3, -0.25) is 4.79 Å². The number of likely N-dealkylation sites (N-methyl/N-ethyl adjacent to an activating group) is 1. The van der Waals surface area contributed by atoms with Crippen LogP contribution in [0.5, 0.6) is 5.75 Å².